The molecule has 2 amide bonds. The van der Waals surface area contributed by atoms with Crippen LogP contribution in [-0.4, -0.2) is 57.0 Å². The molecule has 1 saturated heterocycles. The van der Waals surface area contributed by atoms with Crippen LogP contribution in [0.1, 0.15) is 31.6 Å². The first kappa shape index (κ1) is 24.9. The van der Waals surface area contributed by atoms with Crippen LogP contribution in [-0.2, 0) is 29.1 Å². The number of sulfonamides is 1. The number of nitrogens with zero attached hydrogens (tertiary/aromatic N) is 1. The third-order valence-electron chi connectivity index (χ3n) is 5.71. The summed E-state index contributed by atoms with van der Waals surface area (Å²) in [5.74, 6) is -1.39. The predicted molar refractivity (Wildman–Crippen MR) is 124 cm³/mol. The number of hydrogen-bond acceptors (Lipinski definition) is 9. The molecule has 2 aliphatic rings. The molecule has 13 heteroatoms. The molecular formula is C22H25N3O8S2. The Hall–Kier alpha value is -3.16. The number of piperidine rings is 1. The molecule has 0 bridgehead atoms. The van der Waals surface area contributed by atoms with Crippen molar-refractivity contribution >= 4 is 39.3 Å². The van der Waals surface area contributed by atoms with Gasteiger partial charge in [-0.15, -0.1) is 11.3 Å². The van der Waals surface area contributed by atoms with Gasteiger partial charge in [-0.3, -0.25) is 4.79 Å². The number of furan rings is 1. The Bertz CT molecular complexity index is 1200. The fourth-order valence-electron chi connectivity index (χ4n) is 3.98. The van der Waals surface area contributed by atoms with E-state index in [1.54, 1.807) is 36.6 Å². The number of nitrogens with one attached hydrogen (secondary N) is 2. The second-order valence-electron chi connectivity index (χ2n) is 7.88. The lowest BCUT2D eigenvalue weighted by molar-refractivity contribution is -0.149. The quantitative estimate of drug-likeness (QED) is 0.501. The summed E-state index contributed by atoms with van der Waals surface area (Å²) in [4.78, 5) is 37.7. The Labute approximate surface area is 206 Å². The summed E-state index contributed by atoms with van der Waals surface area (Å²) < 4.78 is 43.0. The Kier molecular flexibility index (Phi) is 7.57. The van der Waals surface area contributed by atoms with Gasteiger partial charge in [0.2, 0.25) is 0 Å². The van der Waals surface area contributed by atoms with Gasteiger partial charge in [-0.2, -0.15) is 4.31 Å². The summed E-state index contributed by atoms with van der Waals surface area (Å²) in [6, 6.07) is 4.97. The molecule has 4 heterocycles. The van der Waals surface area contributed by atoms with Crippen LogP contribution < -0.4 is 10.6 Å². The summed E-state index contributed by atoms with van der Waals surface area (Å²) in [6.45, 7) is 1.79. The van der Waals surface area contributed by atoms with Gasteiger partial charge in [0, 0.05) is 13.1 Å². The number of esters is 2. The molecule has 0 unspecified atom stereocenters. The third-order valence-corrected chi connectivity index (χ3v) is 8.98. The minimum atomic E-state index is -3.58. The zero-order valence-electron chi connectivity index (χ0n) is 18.9. The van der Waals surface area contributed by atoms with Gasteiger partial charge in [-0.1, -0.05) is 6.07 Å². The van der Waals surface area contributed by atoms with Gasteiger partial charge in [0.1, 0.15) is 22.6 Å². The molecule has 1 fully saturated rings. The molecule has 188 valence electrons. The van der Waals surface area contributed by atoms with Crippen molar-refractivity contribution < 1.29 is 36.7 Å². The molecule has 2 N–H and O–H groups in total. The molecule has 0 spiro atoms. The predicted octanol–water partition coefficient (Wildman–Crippen LogP) is 2.16. The van der Waals surface area contributed by atoms with Gasteiger partial charge in [0.05, 0.1) is 30.1 Å². The molecule has 0 aromatic carbocycles. The van der Waals surface area contributed by atoms with Gasteiger partial charge < -0.3 is 24.5 Å². The van der Waals surface area contributed by atoms with Crippen molar-refractivity contribution in [3.05, 3.63) is 52.9 Å². The SMILES string of the molecule is CCOC(=O)C1=C(COC(=O)C2CCN(S(=O)(=O)c3cccs3)CC2)NC(=O)N[C@@H]1c1ccco1. The smallest absolute Gasteiger partial charge is 0.338 e. The zero-order chi connectivity index (χ0) is 25.0. The highest BCUT2D eigenvalue weighted by atomic mass is 32.2. The molecule has 1 atom stereocenters. The van der Waals surface area contributed by atoms with Crippen LogP contribution in [0, 0.1) is 5.92 Å². The van der Waals surface area contributed by atoms with Crippen LogP contribution in [0.25, 0.3) is 0 Å². The van der Waals surface area contributed by atoms with E-state index in [-0.39, 0.29) is 41.8 Å². The number of carbonyl (C=O) groups excluding carboxylic acids is 3. The Morgan fingerprint density at radius 1 is 1.20 bits per heavy atom. The molecule has 2 aromatic rings. The van der Waals surface area contributed by atoms with E-state index in [1.807, 2.05) is 0 Å². The molecule has 2 aliphatic heterocycles. The van der Waals surface area contributed by atoms with E-state index in [4.69, 9.17) is 13.9 Å². The standard InChI is InChI=1S/C22H25N3O8S2/c1-2-31-21(27)18-15(23-22(28)24-19(18)16-5-3-11-32-16)13-33-20(26)14-7-9-25(10-8-14)35(29,30)17-6-4-12-34-17/h3-6,11-12,14,19H,2,7-10,13H2,1H3,(H2,23,24,28)/t19-/m1/s1. The molecule has 35 heavy (non-hydrogen) atoms. The molecule has 0 aliphatic carbocycles. The van der Waals surface area contributed by atoms with Crippen molar-refractivity contribution in [1.29, 1.82) is 0 Å². The number of rotatable bonds is 8. The van der Waals surface area contributed by atoms with Crippen LogP contribution in [0.5, 0.6) is 0 Å². The lowest BCUT2D eigenvalue weighted by atomic mass is 9.98. The molecule has 0 radical (unpaired) electrons. The maximum atomic E-state index is 12.7. The van der Waals surface area contributed by atoms with Crippen molar-refractivity contribution in [2.75, 3.05) is 26.3 Å². The average Bonchev–Trinajstić information content (AvgIpc) is 3.57. The molecule has 11 nitrogen and oxygen atoms in total. The summed E-state index contributed by atoms with van der Waals surface area (Å²) in [5, 5.41) is 6.84. The maximum absolute atomic E-state index is 12.7. The Balaban J connectivity index is 1.43. The lowest BCUT2D eigenvalue weighted by Gasteiger charge is -2.30. The number of thiophene rings is 1. The highest BCUT2D eigenvalue weighted by Crippen LogP contribution is 2.29. The Morgan fingerprint density at radius 3 is 2.60 bits per heavy atom. The monoisotopic (exact) mass is 523 g/mol. The van der Waals surface area contributed by atoms with Crippen molar-refractivity contribution in [2.45, 2.75) is 30.0 Å². The van der Waals surface area contributed by atoms with Gasteiger partial charge >= 0.3 is 18.0 Å². The summed E-state index contributed by atoms with van der Waals surface area (Å²) in [5.41, 5.74) is 0.172. The second kappa shape index (κ2) is 10.6. The maximum Gasteiger partial charge on any atom is 0.338 e. The first-order valence-electron chi connectivity index (χ1n) is 11.0. The molecule has 2 aromatic heterocycles. The van der Waals surface area contributed by atoms with Crippen LogP contribution >= 0.6 is 11.3 Å². The zero-order valence-corrected chi connectivity index (χ0v) is 20.5. The molecular weight excluding hydrogens is 498 g/mol. The van der Waals surface area contributed by atoms with E-state index in [2.05, 4.69) is 10.6 Å². The largest absolute Gasteiger partial charge is 0.467 e. The van der Waals surface area contributed by atoms with Gasteiger partial charge in [-0.05, 0) is 43.3 Å². The first-order chi connectivity index (χ1) is 16.8. The highest BCUT2D eigenvalue weighted by molar-refractivity contribution is 7.91. The number of ether oxygens (including phenoxy) is 2. The normalized spacial score (nSPS) is 19.7. The van der Waals surface area contributed by atoms with Crippen LogP contribution in [0.15, 0.2) is 55.8 Å². The minimum absolute atomic E-state index is 0.0751. The van der Waals surface area contributed by atoms with E-state index in [9.17, 15) is 22.8 Å². The van der Waals surface area contributed by atoms with Crippen LogP contribution in [0.3, 0.4) is 0 Å². The summed E-state index contributed by atoms with van der Waals surface area (Å²) in [6.07, 6.45) is 2.02. The van der Waals surface area contributed by atoms with Crippen molar-refractivity contribution in [1.82, 2.24) is 14.9 Å². The topological polar surface area (TPSA) is 144 Å². The van der Waals surface area contributed by atoms with Gasteiger partial charge in [0.15, 0.2) is 0 Å². The molecule has 4 rings (SSSR count). The Morgan fingerprint density at radius 2 is 1.97 bits per heavy atom. The molecule has 0 saturated carbocycles. The summed E-state index contributed by atoms with van der Waals surface area (Å²) >= 11 is 1.15. The first-order valence-corrected chi connectivity index (χ1v) is 13.3. The average molecular weight is 524 g/mol. The van der Waals surface area contributed by atoms with E-state index in [1.165, 1.54) is 10.6 Å². The minimum Gasteiger partial charge on any atom is -0.467 e. The van der Waals surface area contributed by atoms with E-state index >= 15 is 0 Å². The van der Waals surface area contributed by atoms with Crippen LogP contribution in [0.4, 0.5) is 4.79 Å². The van der Waals surface area contributed by atoms with E-state index in [0.717, 1.165) is 11.3 Å². The lowest BCUT2D eigenvalue weighted by Crippen LogP contribution is -2.47. The number of amides is 2. The fourth-order valence-corrected chi connectivity index (χ4v) is 6.60. The van der Waals surface area contributed by atoms with Crippen molar-refractivity contribution in [3.8, 4) is 0 Å². The number of urea groups is 1. The van der Waals surface area contributed by atoms with Gasteiger partial charge in [-0.25, -0.2) is 18.0 Å². The number of hydrogen-bond donors (Lipinski definition) is 2. The fraction of sp³-hybridized carbons (Fsp3) is 0.409. The number of carbonyl (C=O) groups is 3. The van der Waals surface area contributed by atoms with E-state index < -0.39 is 40.0 Å². The second-order valence-corrected chi connectivity index (χ2v) is 11.0. The van der Waals surface area contributed by atoms with Crippen LogP contribution in [0.2, 0.25) is 0 Å². The highest BCUT2D eigenvalue weighted by Gasteiger charge is 2.37. The summed E-state index contributed by atoms with van der Waals surface area (Å²) in [7, 11) is -3.58. The van der Waals surface area contributed by atoms with E-state index in [0.29, 0.717) is 18.6 Å². The van der Waals surface area contributed by atoms with Crippen molar-refractivity contribution in [2.24, 2.45) is 5.92 Å². The van der Waals surface area contributed by atoms with Gasteiger partial charge in [0.25, 0.3) is 10.0 Å². The van der Waals surface area contributed by atoms with Crippen molar-refractivity contribution in [3.63, 3.8) is 0 Å². The third kappa shape index (κ3) is 5.41.